The molecule has 1 amide bonds. The van der Waals surface area contributed by atoms with Gasteiger partial charge in [0.2, 0.25) is 5.91 Å². The number of hydrogen-bond donors (Lipinski definition) is 2. The van der Waals surface area contributed by atoms with Gasteiger partial charge in [-0.05, 0) is 54.3 Å². The van der Waals surface area contributed by atoms with Gasteiger partial charge in [0.15, 0.2) is 6.04 Å². The standard InChI is InChI=1S/C19H19FN2O3/c1-25-19(24)18(12-5-7-14(20)8-6-12)21-15-9-10-16-13(11-15)3-2-4-17(23)22-16/h5-11,18,21H,2-4H2,1H3,(H,22,23)/t18-/m0/s1. The van der Waals surface area contributed by atoms with Gasteiger partial charge >= 0.3 is 5.97 Å². The summed E-state index contributed by atoms with van der Waals surface area (Å²) in [6, 6.07) is 10.5. The van der Waals surface area contributed by atoms with Gasteiger partial charge in [-0.1, -0.05) is 12.1 Å². The van der Waals surface area contributed by atoms with Gasteiger partial charge in [-0.3, -0.25) is 4.79 Å². The van der Waals surface area contributed by atoms with Crippen LogP contribution in [-0.2, 0) is 20.7 Å². The van der Waals surface area contributed by atoms with Gasteiger partial charge in [0.1, 0.15) is 5.82 Å². The highest BCUT2D eigenvalue weighted by atomic mass is 19.1. The number of amides is 1. The Labute approximate surface area is 145 Å². The summed E-state index contributed by atoms with van der Waals surface area (Å²) in [6.45, 7) is 0. The summed E-state index contributed by atoms with van der Waals surface area (Å²) in [7, 11) is 1.31. The number of nitrogens with one attached hydrogen (secondary N) is 2. The van der Waals surface area contributed by atoms with Gasteiger partial charge in [-0.15, -0.1) is 0 Å². The fourth-order valence-corrected chi connectivity index (χ4v) is 2.88. The fraction of sp³-hybridized carbons (Fsp3) is 0.263. The van der Waals surface area contributed by atoms with Crippen LogP contribution in [0.15, 0.2) is 42.5 Å². The molecule has 5 nitrogen and oxygen atoms in total. The second kappa shape index (κ2) is 7.34. The van der Waals surface area contributed by atoms with Gasteiger partial charge < -0.3 is 15.4 Å². The van der Waals surface area contributed by atoms with E-state index in [2.05, 4.69) is 10.6 Å². The average Bonchev–Trinajstić information content (AvgIpc) is 2.80. The highest BCUT2D eigenvalue weighted by Crippen LogP contribution is 2.28. The van der Waals surface area contributed by atoms with Crippen molar-refractivity contribution in [2.75, 3.05) is 17.7 Å². The Kier molecular flexibility index (Phi) is 4.97. The molecule has 1 aliphatic heterocycles. The molecule has 0 bridgehead atoms. The van der Waals surface area contributed by atoms with Crippen LogP contribution < -0.4 is 10.6 Å². The molecule has 0 aromatic heterocycles. The van der Waals surface area contributed by atoms with Crippen molar-refractivity contribution in [3.05, 3.63) is 59.4 Å². The number of ether oxygens (including phenoxy) is 1. The van der Waals surface area contributed by atoms with Crippen molar-refractivity contribution in [2.45, 2.75) is 25.3 Å². The Bertz CT molecular complexity index is 790. The van der Waals surface area contributed by atoms with Crippen LogP contribution in [-0.4, -0.2) is 19.0 Å². The van der Waals surface area contributed by atoms with Crippen molar-refractivity contribution in [1.29, 1.82) is 0 Å². The number of fused-ring (bicyclic) bond motifs is 1. The molecule has 1 aliphatic rings. The summed E-state index contributed by atoms with van der Waals surface area (Å²) in [5, 5.41) is 6.01. The van der Waals surface area contributed by atoms with Crippen LogP contribution in [0.25, 0.3) is 0 Å². The van der Waals surface area contributed by atoms with Crippen LogP contribution in [0, 0.1) is 5.82 Å². The molecule has 0 aliphatic carbocycles. The van der Waals surface area contributed by atoms with Crippen molar-refractivity contribution < 1.29 is 18.7 Å². The summed E-state index contributed by atoms with van der Waals surface area (Å²) in [4.78, 5) is 23.8. The lowest BCUT2D eigenvalue weighted by Gasteiger charge is -2.19. The molecular formula is C19H19FN2O3. The molecule has 3 rings (SSSR count). The monoisotopic (exact) mass is 342 g/mol. The molecule has 2 aromatic rings. The molecule has 1 heterocycles. The Morgan fingerprint density at radius 1 is 1.20 bits per heavy atom. The molecule has 25 heavy (non-hydrogen) atoms. The Morgan fingerprint density at radius 2 is 1.96 bits per heavy atom. The van der Waals surface area contributed by atoms with Crippen LogP contribution in [0.3, 0.4) is 0 Å². The number of carbonyl (C=O) groups is 2. The number of rotatable bonds is 4. The van der Waals surface area contributed by atoms with E-state index in [4.69, 9.17) is 4.74 Å². The van der Waals surface area contributed by atoms with Gasteiger partial charge in [-0.25, -0.2) is 9.18 Å². The predicted molar refractivity (Wildman–Crippen MR) is 92.8 cm³/mol. The molecular weight excluding hydrogens is 323 g/mol. The van der Waals surface area contributed by atoms with E-state index in [-0.39, 0.29) is 11.7 Å². The number of carbonyl (C=O) groups excluding carboxylic acids is 2. The van der Waals surface area contributed by atoms with Crippen molar-refractivity contribution in [3.63, 3.8) is 0 Å². The zero-order valence-electron chi connectivity index (χ0n) is 13.8. The van der Waals surface area contributed by atoms with Crippen molar-refractivity contribution in [3.8, 4) is 0 Å². The number of benzene rings is 2. The minimum atomic E-state index is -0.746. The van der Waals surface area contributed by atoms with Crippen LogP contribution in [0.2, 0.25) is 0 Å². The largest absolute Gasteiger partial charge is 0.467 e. The lowest BCUT2D eigenvalue weighted by atomic mass is 10.0. The van der Waals surface area contributed by atoms with E-state index in [1.807, 2.05) is 12.1 Å². The average molecular weight is 342 g/mol. The lowest BCUT2D eigenvalue weighted by Crippen LogP contribution is -2.22. The minimum Gasteiger partial charge on any atom is -0.467 e. The highest BCUT2D eigenvalue weighted by molar-refractivity contribution is 5.92. The van der Waals surface area contributed by atoms with Gasteiger partial charge in [0, 0.05) is 17.8 Å². The number of aryl methyl sites for hydroxylation is 1. The van der Waals surface area contributed by atoms with E-state index in [9.17, 15) is 14.0 Å². The Balaban J connectivity index is 1.87. The van der Waals surface area contributed by atoms with Crippen molar-refractivity contribution in [1.82, 2.24) is 0 Å². The first-order valence-corrected chi connectivity index (χ1v) is 8.09. The first-order valence-electron chi connectivity index (χ1n) is 8.09. The van der Waals surface area contributed by atoms with Gasteiger partial charge in [0.05, 0.1) is 7.11 Å². The van der Waals surface area contributed by atoms with Crippen molar-refractivity contribution >= 4 is 23.3 Å². The number of methoxy groups -OCH3 is 1. The summed E-state index contributed by atoms with van der Waals surface area (Å²) >= 11 is 0. The number of hydrogen-bond acceptors (Lipinski definition) is 4. The third-order valence-corrected chi connectivity index (χ3v) is 4.18. The third-order valence-electron chi connectivity index (χ3n) is 4.18. The zero-order valence-corrected chi connectivity index (χ0v) is 13.8. The molecule has 0 spiro atoms. The van der Waals surface area contributed by atoms with E-state index in [0.717, 1.165) is 29.8 Å². The zero-order chi connectivity index (χ0) is 17.8. The van der Waals surface area contributed by atoms with Crippen LogP contribution in [0.4, 0.5) is 15.8 Å². The summed E-state index contributed by atoms with van der Waals surface area (Å²) in [5.74, 6) is -0.818. The SMILES string of the molecule is COC(=O)[C@@H](Nc1ccc2c(c1)CCCC(=O)N2)c1ccc(F)cc1. The second-order valence-electron chi connectivity index (χ2n) is 5.93. The van der Waals surface area contributed by atoms with Gasteiger partial charge in [-0.2, -0.15) is 0 Å². The topological polar surface area (TPSA) is 67.4 Å². The number of halogens is 1. The summed E-state index contributed by atoms with van der Waals surface area (Å²) < 4.78 is 18.0. The van der Waals surface area contributed by atoms with E-state index >= 15 is 0 Å². The Hall–Kier alpha value is -2.89. The van der Waals surface area contributed by atoms with E-state index < -0.39 is 12.0 Å². The Morgan fingerprint density at radius 3 is 2.68 bits per heavy atom. The molecule has 1 atom stereocenters. The van der Waals surface area contributed by atoms with Gasteiger partial charge in [0.25, 0.3) is 0 Å². The molecule has 0 fully saturated rings. The first-order chi connectivity index (χ1) is 12.1. The molecule has 2 aromatic carbocycles. The maximum absolute atomic E-state index is 13.1. The first kappa shape index (κ1) is 17.0. The van der Waals surface area contributed by atoms with Crippen LogP contribution in [0.5, 0.6) is 0 Å². The molecule has 0 saturated carbocycles. The maximum Gasteiger partial charge on any atom is 0.332 e. The third kappa shape index (κ3) is 3.96. The smallest absolute Gasteiger partial charge is 0.332 e. The molecule has 130 valence electrons. The van der Waals surface area contributed by atoms with E-state index in [1.165, 1.54) is 19.2 Å². The molecule has 2 N–H and O–H groups in total. The lowest BCUT2D eigenvalue weighted by molar-refractivity contribution is -0.141. The second-order valence-corrected chi connectivity index (χ2v) is 5.93. The van der Waals surface area contributed by atoms with E-state index in [0.29, 0.717) is 12.0 Å². The maximum atomic E-state index is 13.1. The highest BCUT2D eigenvalue weighted by Gasteiger charge is 2.22. The number of esters is 1. The summed E-state index contributed by atoms with van der Waals surface area (Å²) in [6.07, 6.45) is 2.06. The normalized spacial score (nSPS) is 14.7. The quantitative estimate of drug-likeness (QED) is 0.836. The predicted octanol–water partition coefficient (Wildman–Crippen LogP) is 3.43. The fourth-order valence-electron chi connectivity index (χ4n) is 2.88. The van der Waals surface area contributed by atoms with E-state index in [1.54, 1.807) is 18.2 Å². The van der Waals surface area contributed by atoms with Crippen LogP contribution in [0.1, 0.15) is 30.0 Å². The number of anilines is 2. The minimum absolute atomic E-state index is 0.0122. The van der Waals surface area contributed by atoms with Crippen LogP contribution >= 0.6 is 0 Å². The molecule has 6 heteroatoms. The summed E-state index contributed by atoms with van der Waals surface area (Å²) in [5.41, 5.74) is 3.15. The van der Waals surface area contributed by atoms with Crippen molar-refractivity contribution in [2.24, 2.45) is 0 Å². The molecule has 0 radical (unpaired) electrons. The molecule has 0 saturated heterocycles. The molecule has 0 unspecified atom stereocenters.